The molecule has 1 unspecified atom stereocenters. The summed E-state index contributed by atoms with van der Waals surface area (Å²) in [6.07, 6.45) is 4.19. The minimum atomic E-state index is -0.556. The monoisotopic (exact) mass is 292 g/mol. The Balaban J connectivity index is 2.80. The van der Waals surface area contributed by atoms with Crippen LogP contribution >= 0.6 is 0 Å². The number of imidazole rings is 1. The van der Waals surface area contributed by atoms with Crippen molar-refractivity contribution >= 4 is 0 Å². The molecule has 4 heteroatoms. The van der Waals surface area contributed by atoms with Crippen LogP contribution in [0.5, 0.6) is 0 Å². The van der Waals surface area contributed by atoms with Gasteiger partial charge in [-0.2, -0.15) is 0 Å². The third-order valence-corrected chi connectivity index (χ3v) is 4.72. The number of aryl methyl sites for hydroxylation is 1. The second-order valence-corrected chi connectivity index (χ2v) is 6.10. The molecule has 21 heavy (non-hydrogen) atoms. The number of nitrogens with zero attached hydrogens (tertiary/aromatic N) is 2. The molecule has 1 aromatic carbocycles. The van der Waals surface area contributed by atoms with E-state index in [0.717, 1.165) is 12.5 Å². The predicted octanol–water partition coefficient (Wildman–Crippen LogP) is 4.69. The molecule has 114 valence electrons. The van der Waals surface area contributed by atoms with Gasteiger partial charge in [-0.15, -0.1) is 0 Å². The highest BCUT2D eigenvalue weighted by Gasteiger charge is 2.33. The van der Waals surface area contributed by atoms with Crippen LogP contribution in [0.15, 0.2) is 24.5 Å². The van der Waals surface area contributed by atoms with E-state index in [2.05, 4.69) is 25.8 Å². The van der Waals surface area contributed by atoms with Gasteiger partial charge in [-0.1, -0.05) is 27.7 Å². The van der Waals surface area contributed by atoms with Crippen molar-refractivity contribution < 1.29 is 8.78 Å². The number of benzene rings is 1. The molecule has 0 radical (unpaired) electrons. The summed E-state index contributed by atoms with van der Waals surface area (Å²) < 4.78 is 30.1. The average molecular weight is 292 g/mol. The van der Waals surface area contributed by atoms with E-state index in [1.54, 1.807) is 17.0 Å². The summed E-state index contributed by atoms with van der Waals surface area (Å²) >= 11 is 0. The predicted molar refractivity (Wildman–Crippen MR) is 81.0 cm³/mol. The van der Waals surface area contributed by atoms with Crippen molar-refractivity contribution in [2.24, 2.45) is 13.0 Å². The van der Waals surface area contributed by atoms with Crippen LogP contribution in [0.25, 0.3) is 11.4 Å². The van der Waals surface area contributed by atoms with Crippen LogP contribution in [0.2, 0.25) is 0 Å². The first kappa shape index (κ1) is 15.7. The standard InChI is InChI=1S/C17H22F2N2/c1-6-17(4,11(2)3)13-9-12(18)10-14(19)15(13)16-20-7-8-21(16)5/h7-11H,6H2,1-5H3. The maximum absolute atomic E-state index is 14.5. The van der Waals surface area contributed by atoms with Crippen molar-refractivity contribution in [3.63, 3.8) is 0 Å². The Kier molecular flexibility index (Phi) is 4.17. The van der Waals surface area contributed by atoms with Gasteiger partial charge < -0.3 is 4.57 Å². The van der Waals surface area contributed by atoms with Gasteiger partial charge in [-0.05, 0) is 29.4 Å². The molecular weight excluding hydrogens is 270 g/mol. The highest BCUT2D eigenvalue weighted by atomic mass is 19.1. The van der Waals surface area contributed by atoms with E-state index >= 15 is 0 Å². The lowest BCUT2D eigenvalue weighted by Gasteiger charge is -2.35. The molecule has 0 amide bonds. The van der Waals surface area contributed by atoms with Crippen molar-refractivity contribution in [1.82, 2.24) is 9.55 Å². The zero-order valence-electron chi connectivity index (χ0n) is 13.2. The lowest BCUT2D eigenvalue weighted by atomic mass is 9.69. The zero-order valence-corrected chi connectivity index (χ0v) is 13.2. The Morgan fingerprint density at radius 2 is 1.95 bits per heavy atom. The number of aromatic nitrogens is 2. The first-order chi connectivity index (χ1) is 9.81. The molecule has 1 aromatic heterocycles. The zero-order chi connectivity index (χ0) is 15.8. The fourth-order valence-electron chi connectivity index (χ4n) is 2.77. The number of halogens is 2. The molecule has 1 heterocycles. The molecule has 0 aliphatic carbocycles. The second-order valence-electron chi connectivity index (χ2n) is 6.10. The highest BCUT2D eigenvalue weighted by molar-refractivity contribution is 5.64. The molecule has 2 aromatic rings. The summed E-state index contributed by atoms with van der Waals surface area (Å²) in [4.78, 5) is 4.24. The minimum absolute atomic E-state index is 0.253. The molecule has 2 rings (SSSR count). The number of hydrogen-bond acceptors (Lipinski definition) is 1. The second kappa shape index (κ2) is 5.58. The first-order valence-electron chi connectivity index (χ1n) is 7.28. The topological polar surface area (TPSA) is 17.8 Å². The van der Waals surface area contributed by atoms with Crippen molar-refractivity contribution in [3.05, 3.63) is 41.7 Å². The van der Waals surface area contributed by atoms with E-state index in [1.165, 1.54) is 6.07 Å². The quantitative estimate of drug-likeness (QED) is 0.799. The molecule has 0 bridgehead atoms. The van der Waals surface area contributed by atoms with Gasteiger partial charge in [0.05, 0.1) is 5.56 Å². The number of rotatable bonds is 4. The largest absolute Gasteiger partial charge is 0.334 e. The Labute approximate surface area is 124 Å². The van der Waals surface area contributed by atoms with Gasteiger partial charge in [0.25, 0.3) is 0 Å². The maximum atomic E-state index is 14.5. The van der Waals surface area contributed by atoms with E-state index in [4.69, 9.17) is 0 Å². The van der Waals surface area contributed by atoms with Crippen molar-refractivity contribution in [1.29, 1.82) is 0 Å². The lowest BCUT2D eigenvalue weighted by molar-refractivity contribution is 0.324. The van der Waals surface area contributed by atoms with Gasteiger partial charge in [0.15, 0.2) is 0 Å². The smallest absolute Gasteiger partial charge is 0.142 e. The van der Waals surface area contributed by atoms with E-state index in [1.807, 2.05) is 14.0 Å². The third-order valence-electron chi connectivity index (χ3n) is 4.72. The average Bonchev–Trinajstić information content (AvgIpc) is 2.82. The van der Waals surface area contributed by atoms with E-state index in [-0.39, 0.29) is 11.3 Å². The lowest BCUT2D eigenvalue weighted by Crippen LogP contribution is -2.29. The molecule has 0 saturated carbocycles. The molecule has 0 N–H and O–H groups in total. The van der Waals surface area contributed by atoms with Crippen LogP contribution in [-0.4, -0.2) is 9.55 Å². The highest BCUT2D eigenvalue weighted by Crippen LogP contribution is 2.41. The van der Waals surface area contributed by atoms with E-state index < -0.39 is 11.6 Å². The first-order valence-corrected chi connectivity index (χ1v) is 7.28. The Morgan fingerprint density at radius 1 is 1.29 bits per heavy atom. The third kappa shape index (κ3) is 2.59. The summed E-state index contributed by atoms with van der Waals surface area (Å²) in [5.74, 6) is -0.314. The van der Waals surface area contributed by atoms with Crippen LogP contribution in [0.3, 0.4) is 0 Å². The summed E-state index contributed by atoms with van der Waals surface area (Å²) in [5.41, 5.74) is 0.776. The molecule has 0 saturated heterocycles. The molecule has 0 spiro atoms. The minimum Gasteiger partial charge on any atom is -0.334 e. The SMILES string of the molecule is CCC(C)(c1cc(F)cc(F)c1-c1nccn1C)C(C)C. The normalized spacial score (nSPS) is 14.5. The van der Waals surface area contributed by atoms with Crippen LogP contribution in [-0.2, 0) is 12.5 Å². The Hall–Kier alpha value is -1.71. The van der Waals surface area contributed by atoms with E-state index in [9.17, 15) is 8.78 Å². The van der Waals surface area contributed by atoms with Crippen LogP contribution in [0.4, 0.5) is 8.78 Å². The summed E-state index contributed by atoms with van der Waals surface area (Å²) in [7, 11) is 1.81. The van der Waals surface area contributed by atoms with Gasteiger partial charge in [0.2, 0.25) is 0 Å². The fourth-order valence-corrected chi connectivity index (χ4v) is 2.77. The fraction of sp³-hybridized carbons (Fsp3) is 0.471. The van der Waals surface area contributed by atoms with Gasteiger partial charge in [-0.25, -0.2) is 13.8 Å². The maximum Gasteiger partial charge on any atom is 0.142 e. The molecular formula is C17H22F2N2. The van der Waals surface area contributed by atoms with Crippen molar-refractivity contribution in [3.8, 4) is 11.4 Å². The Morgan fingerprint density at radius 3 is 2.43 bits per heavy atom. The van der Waals surface area contributed by atoms with Crippen LogP contribution in [0.1, 0.15) is 39.7 Å². The Bertz CT molecular complexity index is 646. The van der Waals surface area contributed by atoms with Crippen LogP contribution in [0, 0.1) is 17.6 Å². The van der Waals surface area contributed by atoms with Gasteiger partial charge in [0.1, 0.15) is 17.5 Å². The molecule has 2 nitrogen and oxygen atoms in total. The van der Waals surface area contributed by atoms with Crippen LogP contribution < -0.4 is 0 Å². The summed E-state index contributed by atoms with van der Waals surface area (Å²) in [6.45, 7) is 8.26. The van der Waals surface area contributed by atoms with Crippen molar-refractivity contribution in [2.45, 2.75) is 39.5 Å². The molecule has 1 atom stereocenters. The number of hydrogen-bond donors (Lipinski definition) is 0. The molecule has 0 aliphatic rings. The van der Waals surface area contributed by atoms with Gasteiger partial charge >= 0.3 is 0 Å². The van der Waals surface area contributed by atoms with E-state index in [0.29, 0.717) is 17.0 Å². The van der Waals surface area contributed by atoms with Gasteiger partial charge in [-0.3, -0.25) is 0 Å². The summed E-state index contributed by atoms with van der Waals surface area (Å²) in [5, 5.41) is 0. The molecule has 0 aliphatic heterocycles. The summed E-state index contributed by atoms with van der Waals surface area (Å²) in [6, 6.07) is 2.39. The van der Waals surface area contributed by atoms with Crippen molar-refractivity contribution in [2.75, 3.05) is 0 Å². The molecule has 0 fully saturated rings. The van der Waals surface area contributed by atoms with Gasteiger partial charge in [0, 0.05) is 25.5 Å².